The molecule has 4 rings (SSSR count). The lowest BCUT2D eigenvalue weighted by Gasteiger charge is -2.33. The monoisotopic (exact) mass is 444 g/mol. The zero-order chi connectivity index (χ0) is 22.8. The number of aryl methyl sites for hydroxylation is 1. The second kappa shape index (κ2) is 8.83. The second-order valence-corrected chi connectivity index (χ2v) is 7.53. The summed E-state index contributed by atoms with van der Waals surface area (Å²) in [6.45, 7) is 0.794. The van der Waals surface area contributed by atoms with Gasteiger partial charge in [-0.15, -0.1) is 0 Å². The number of anilines is 1. The van der Waals surface area contributed by atoms with E-state index >= 15 is 0 Å². The number of carboxylic acids is 1. The first-order valence-electron chi connectivity index (χ1n) is 9.97. The van der Waals surface area contributed by atoms with Gasteiger partial charge in [-0.1, -0.05) is 0 Å². The van der Waals surface area contributed by atoms with E-state index in [1.54, 1.807) is 12.4 Å². The van der Waals surface area contributed by atoms with E-state index < -0.39 is 29.5 Å². The maximum Gasteiger partial charge on any atom is 0.329 e. The van der Waals surface area contributed by atoms with Crippen LogP contribution in [-0.4, -0.2) is 54.9 Å². The Morgan fingerprint density at radius 1 is 1.16 bits per heavy atom. The molecule has 1 fully saturated rings. The third-order valence-corrected chi connectivity index (χ3v) is 5.41. The van der Waals surface area contributed by atoms with Crippen LogP contribution in [0.15, 0.2) is 34.2 Å². The second-order valence-electron chi connectivity index (χ2n) is 7.53. The number of hydrogen-bond acceptors (Lipinski definition) is 8. The van der Waals surface area contributed by atoms with Crippen LogP contribution < -0.4 is 16.0 Å². The lowest BCUT2D eigenvalue weighted by atomic mass is 10.0. The Morgan fingerprint density at radius 2 is 1.84 bits per heavy atom. The number of piperidine rings is 1. The summed E-state index contributed by atoms with van der Waals surface area (Å²) in [5.41, 5.74) is -0.211. The summed E-state index contributed by atoms with van der Waals surface area (Å²) in [5.74, 6) is -1.12. The molecule has 0 bridgehead atoms. The molecule has 1 aliphatic heterocycles. The molecular weight excluding hydrogens is 423 g/mol. The maximum absolute atomic E-state index is 13.7. The fourth-order valence-corrected chi connectivity index (χ4v) is 3.81. The van der Waals surface area contributed by atoms with Gasteiger partial charge in [0.1, 0.15) is 12.4 Å². The van der Waals surface area contributed by atoms with Gasteiger partial charge < -0.3 is 19.3 Å². The van der Waals surface area contributed by atoms with Gasteiger partial charge in [0.2, 0.25) is 5.95 Å². The number of hydrogen-bond donors (Lipinski definition) is 1. The van der Waals surface area contributed by atoms with Crippen molar-refractivity contribution in [3.63, 3.8) is 0 Å². The zero-order valence-electron chi connectivity index (χ0n) is 17.3. The molecule has 4 heterocycles. The predicted octanol–water partition coefficient (Wildman–Crippen LogP) is 0.467. The number of carboxylic acid groups (broad SMARTS) is 1. The van der Waals surface area contributed by atoms with Gasteiger partial charge in [0.25, 0.3) is 0 Å². The number of aliphatic carboxylic acids is 1. The van der Waals surface area contributed by atoms with Gasteiger partial charge >= 0.3 is 17.1 Å². The van der Waals surface area contributed by atoms with Crippen molar-refractivity contribution in [3.8, 4) is 0 Å². The lowest BCUT2D eigenvalue weighted by molar-refractivity contribution is -0.142. The predicted molar refractivity (Wildman–Crippen MR) is 111 cm³/mol. The molecule has 1 aliphatic rings. The van der Waals surface area contributed by atoms with E-state index in [2.05, 4.69) is 15.0 Å². The average Bonchev–Trinajstić information content (AvgIpc) is 2.79. The van der Waals surface area contributed by atoms with E-state index in [-0.39, 0.29) is 23.8 Å². The van der Waals surface area contributed by atoms with Gasteiger partial charge in [0.15, 0.2) is 5.65 Å². The Hall–Kier alpha value is -3.67. The fourth-order valence-electron chi connectivity index (χ4n) is 3.81. The molecule has 0 saturated carbocycles. The smallest absolute Gasteiger partial charge is 0.329 e. The van der Waals surface area contributed by atoms with Crippen molar-refractivity contribution >= 4 is 23.1 Å². The van der Waals surface area contributed by atoms with Crippen molar-refractivity contribution in [1.82, 2.24) is 24.1 Å². The molecule has 11 nitrogen and oxygen atoms in total. The minimum Gasteiger partial charge on any atom is -0.480 e. The first-order valence-corrected chi connectivity index (χ1v) is 9.97. The summed E-state index contributed by atoms with van der Waals surface area (Å²) in [7, 11) is 1.42. The number of halogens is 1. The van der Waals surface area contributed by atoms with Crippen LogP contribution >= 0.6 is 0 Å². The Kier molecular flexibility index (Phi) is 5.95. The van der Waals surface area contributed by atoms with Gasteiger partial charge in [-0.05, 0) is 12.8 Å². The van der Waals surface area contributed by atoms with Crippen LogP contribution in [0.1, 0.15) is 24.4 Å². The third kappa shape index (κ3) is 4.21. The number of aromatic nitrogens is 5. The van der Waals surface area contributed by atoms with Crippen LogP contribution in [0.4, 0.5) is 10.3 Å². The lowest BCUT2D eigenvalue weighted by Crippen LogP contribution is -2.45. The number of fused-ring (bicyclic) bond motifs is 1. The quantitative estimate of drug-likeness (QED) is 0.539. The fraction of sp³-hybridized carbons (Fsp3) is 0.400. The van der Waals surface area contributed by atoms with Crippen molar-refractivity contribution < 1.29 is 19.0 Å². The van der Waals surface area contributed by atoms with Crippen LogP contribution in [0, 0.1) is 5.82 Å². The molecule has 168 valence electrons. The number of nitrogens with zero attached hydrogens (tertiary/aromatic N) is 6. The van der Waals surface area contributed by atoms with E-state index in [1.165, 1.54) is 17.7 Å². The van der Waals surface area contributed by atoms with Crippen molar-refractivity contribution in [2.45, 2.75) is 25.5 Å². The number of rotatable bonds is 6. The highest BCUT2D eigenvalue weighted by atomic mass is 19.1. The molecule has 12 heteroatoms. The highest BCUT2D eigenvalue weighted by Gasteiger charge is 2.26. The minimum absolute atomic E-state index is 0.0984. The van der Waals surface area contributed by atoms with E-state index in [0.29, 0.717) is 37.4 Å². The summed E-state index contributed by atoms with van der Waals surface area (Å²) in [6, 6.07) is 0.932. The molecule has 0 atom stereocenters. The summed E-state index contributed by atoms with van der Waals surface area (Å²) in [5, 5.41) is 8.60. The molecule has 3 aromatic rings. The van der Waals surface area contributed by atoms with E-state index in [9.17, 15) is 18.8 Å². The minimum atomic E-state index is -1.05. The van der Waals surface area contributed by atoms with Crippen LogP contribution in [0.2, 0.25) is 0 Å². The Balaban J connectivity index is 1.50. The van der Waals surface area contributed by atoms with E-state index in [1.807, 2.05) is 4.90 Å². The van der Waals surface area contributed by atoms with Crippen molar-refractivity contribution in [1.29, 1.82) is 0 Å². The maximum atomic E-state index is 13.7. The first-order chi connectivity index (χ1) is 15.3. The SMILES string of the molecule is Cn1c(=O)c(=O)n(C2CCN(c3ncc(COCC(=O)O)cn3)CC2)c2ncc(F)cc21. The van der Waals surface area contributed by atoms with E-state index in [4.69, 9.17) is 9.84 Å². The van der Waals surface area contributed by atoms with Crippen molar-refractivity contribution in [2.24, 2.45) is 7.05 Å². The average molecular weight is 444 g/mol. The normalized spacial score (nSPS) is 14.8. The zero-order valence-corrected chi connectivity index (χ0v) is 17.3. The van der Waals surface area contributed by atoms with Crippen molar-refractivity contribution in [2.75, 3.05) is 24.6 Å². The molecule has 0 spiro atoms. The molecule has 0 amide bonds. The van der Waals surface area contributed by atoms with Crippen LogP contribution in [0.25, 0.3) is 11.2 Å². The summed E-state index contributed by atoms with van der Waals surface area (Å²) in [4.78, 5) is 50.3. The first kappa shape index (κ1) is 21.6. The Bertz CT molecular complexity index is 1260. The molecule has 0 aliphatic carbocycles. The molecule has 1 N–H and O–H groups in total. The van der Waals surface area contributed by atoms with E-state index in [0.717, 1.165) is 10.8 Å². The molecule has 32 heavy (non-hydrogen) atoms. The van der Waals surface area contributed by atoms with Crippen LogP contribution in [0.5, 0.6) is 0 Å². The number of carbonyl (C=O) groups is 1. The molecular formula is C20H21FN6O5. The molecule has 0 aromatic carbocycles. The van der Waals surface area contributed by atoms with Crippen LogP contribution in [-0.2, 0) is 23.2 Å². The molecule has 3 aromatic heterocycles. The summed E-state index contributed by atoms with van der Waals surface area (Å²) < 4.78 is 21.2. The molecule has 1 saturated heterocycles. The topological polar surface area (TPSA) is 132 Å². The standard InChI is InChI=1S/C20H21FN6O5/c1-25-15-6-13(21)9-22-17(15)27(19(31)18(25)30)14-2-4-26(5-3-14)20-23-7-12(8-24-20)10-32-11-16(28)29/h6-9,14H,2-5,10-11H2,1H3,(H,28,29). The summed E-state index contributed by atoms with van der Waals surface area (Å²) >= 11 is 0. The highest BCUT2D eigenvalue weighted by molar-refractivity contribution is 5.70. The molecule has 0 radical (unpaired) electrons. The largest absolute Gasteiger partial charge is 0.480 e. The highest BCUT2D eigenvalue weighted by Crippen LogP contribution is 2.25. The number of pyridine rings is 1. The third-order valence-electron chi connectivity index (χ3n) is 5.41. The van der Waals surface area contributed by atoms with Crippen molar-refractivity contribution in [3.05, 3.63) is 56.7 Å². The Labute approximate surface area is 180 Å². The van der Waals surface area contributed by atoms with Crippen LogP contribution in [0.3, 0.4) is 0 Å². The van der Waals surface area contributed by atoms with Gasteiger partial charge in [0.05, 0.1) is 18.3 Å². The number of ether oxygens (including phenoxy) is 1. The van der Waals surface area contributed by atoms with Gasteiger partial charge in [-0.3, -0.25) is 14.2 Å². The summed E-state index contributed by atoms with van der Waals surface area (Å²) in [6.07, 6.45) is 5.29. The van der Waals surface area contributed by atoms with Gasteiger partial charge in [-0.2, -0.15) is 0 Å². The van der Waals surface area contributed by atoms with Gasteiger partial charge in [0, 0.05) is 50.2 Å². The molecule has 0 unspecified atom stereocenters. The Morgan fingerprint density at radius 3 is 2.50 bits per heavy atom. The van der Waals surface area contributed by atoms with Gasteiger partial charge in [-0.25, -0.2) is 24.1 Å².